The van der Waals surface area contributed by atoms with Gasteiger partial charge >= 0.3 is 0 Å². The second-order valence-electron chi connectivity index (χ2n) is 4.21. The van der Waals surface area contributed by atoms with Gasteiger partial charge in [-0.2, -0.15) is 0 Å². The Morgan fingerprint density at radius 1 is 1.42 bits per heavy atom. The van der Waals surface area contributed by atoms with Crippen molar-refractivity contribution < 1.29 is 4.74 Å². The number of fused-ring (bicyclic) bond motifs is 1. The topological polar surface area (TPSA) is 57.2 Å². The van der Waals surface area contributed by atoms with Crippen LogP contribution < -0.4 is 16.0 Å². The molecule has 0 atom stereocenters. The molecule has 0 aliphatic carbocycles. The summed E-state index contributed by atoms with van der Waals surface area (Å²) in [7, 11) is 0. The lowest BCUT2D eigenvalue weighted by Gasteiger charge is -2.08. The minimum absolute atomic E-state index is 0.0307. The van der Waals surface area contributed by atoms with Crippen LogP contribution in [0.25, 0.3) is 10.8 Å². The first-order valence-corrected chi connectivity index (χ1v) is 6.57. The van der Waals surface area contributed by atoms with E-state index in [1.54, 1.807) is 16.8 Å². The predicted molar refractivity (Wildman–Crippen MR) is 80.8 cm³/mol. The molecule has 0 fully saturated rings. The van der Waals surface area contributed by atoms with Gasteiger partial charge in [-0.05, 0) is 36.6 Å². The standard InChI is InChI=1S/C14H16N2O2S/c1-2-18-11-3-4-12-10(9-11)5-7-16(14(12)17)8-6-13(15)19/h3-5,7,9H,2,6,8H2,1H3,(H2,15,19). The van der Waals surface area contributed by atoms with Crippen LogP contribution in [-0.4, -0.2) is 16.2 Å². The number of aromatic nitrogens is 1. The number of hydrogen-bond acceptors (Lipinski definition) is 3. The molecule has 1 aromatic carbocycles. The quantitative estimate of drug-likeness (QED) is 0.849. The van der Waals surface area contributed by atoms with Crippen LogP contribution in [0, 0.1) is 0 Å². The fourth-order valence-electron chi connectivity index (χ4n) is 1.93. The van der Waals surface area contributed by atoms with Gasteiger partial charge in [0.2, 0.25) is 0 Å². The summed E-state index contributed by atoms with van der Waals surface area (Å²) >= 11 is 4.83. The van der Waals surface area contributed by atoms with E-state index < -0.39 is 0 Å². The molecule has 0 saturated heterocycles. The van der Waals surface area contributed by atoms with E-state index in [2.05, 4.69) is 0 Å². The van der Waals surface area contributed by atoms with Crippen molar-refractivity contribution >= 4 is 28.0 Å². The number of nitrogens with two attached hydrogens (primary N) is 1. The van der Waals surface area contributed by atoms with Crippen molar-refractivity contribution in [2.75, 3.05) is 6.61 Å². The second-order valence-corrected chi connectivity index (χ2v) is 4.74. The van der Waals surface area contributed by atoms with E-state index in [-0.39, 0.29) is 5.56 Å². The molecule has 5 heteroatoms. The first-order valence-electron chi connectivity index (χ1n) is 6.16. The van der Waals surface area contributed by atoms with Crippen molar-refractivity contribution in [2.45, 2.75) is 19.9 Å². The highest BCUT2D eigenvalue weighted by Crippen LogP contribution is 2.18. The molecule has 0 amide bonds. The average Bonchev–Trinajstić information content (AvgIpc) is 2.38. The van der Waals surface area contributed by atoms with Crippen LogP contribution in [0.4, 0.5) is 0 Å². The summed E-state index contributed by atoms with van der Waals surface area (Å²) in [6.07, 6.45) is 2.29. The van der Waals surface area contributed by atoms with E-state index in [0.717, 1.165) is 11.1 Å². The molecule has 1 heterocycles. The van der Waals surface area contributed by atoms with Gasteiger partial charge in [-0.15, -0.1) is 0 Å². The van der Waals surface area contributed by atoms with Crippen LogP contribution in [0.1, 0.15) is 13.3 Å². The first kappa shape index (κ1) is 13.5. The van der Waals surface area contributed by atoms with Crippen molar-refractivity contribution in [3.8, 4) is 5.75 Å². The smallest absolute Gasteiger partial charge is 0.258 e. The molecule has 0 radical (unpaired) electrons. The third kappa shape index (κ3) is 3.12. The molecular formula is C14H16N2O2S. The van der Waals surface area contributed by atoms with E-state index >= 15 is 0 Å². The van der Waals surface area contributed by atoms with Crippen molar-refractivity contribution in [3.05, 3.63) is 40.8 Å². The Kier molecular flexibility index (Phi) is 4.16. The SMILES string of the molecule is CCOc1ccc2c(=O)n(CCC(N)=S)ccc2c1. The summed E-state index contributed by atoms with van der Waals surface area (Å²) in [6.45, 7) is 3.05. The maximum Gasteiger partial charge on any atom is 0.258 e. The minimum Gasteiger partial charge on any atom is -0.494 e. The number of ether oxygens (including phenoxy) is 1. The van der Waals surface area contributed by atoms with Gasteiger partial charge in [-0.25, -0.2) is 0 Å². The van der Waals surface area contributed by atoms with Gasteiger partial charge in [-0.1, -0.05) is 12.2 Å². The zero-order valence-electron chi connectivity index (χ0n) is 10.8. The zero-order valence-corrected chi connectivity index (χ0v) is 11.6. The highest BCUT2D eigenvalue weighted by atomic mass is 32.1. The van der Waals surface area contributed by atoms with Gasteiger partial charge in [0.1, 0.15) is 5.75 Å². The van der Waals surface area contributed by atoms with Gasteiger partial charge in [0.05, 0.1) is 11.6 Å². The van der Waals surface area contributed by atoms with Gasteiger partial charge in [-0.3, -0.25) is 4.79 Å². The van der Waals surface area contributed by atoms with Gasteiger partial charge in [0.15, 0.2) is 0 Å². The molecule has 2 aromatic rings. The summed E-state index contributed by atoms with van der Waals surface area (Å²) in [5.41, 5.74) is 5.42. The van der Waals surface area contributed by atoms with Crippen LogP contribution in [0.2, 0.25) is 0 Å². The van der Waals surface area contributed by atoms with Crippen LogP contribution in [0.5, 0.6) is 5.75 Å². The fraction of sp³-hybridized carbons (Fsp3) is 0.286. The molecule has 100 valence electrons. The van der Waals surface area contributed by atoms with Gasteiger partial charge < -0.3 is 15.0 Å². The number of benzene rings is 1. The number of pyridine rings is 1. The Hall–Kier alpha value is -1.88. The lowest BCUT2D eigenvalue weighted by atomic mass is 10.1. The first-order chi connectivity index (χ1) is 9.11. The Labute approximate surface area is 116 Å². The largest absolute Gasteiger partial charge is 0.494 e. The maximum atomic E-state index is 12.2. The van der Waals surface area contributed by atoms with Crippen LogP contribution in [0.3, 0.4) is 0 Å². The van der Waals surface area contributed by atoms with Crippen molar-refractivity contribution in [1.29, 1.82) is 0 Å². The third-order valence-electron chi connectivity index (χ3n) is 2.86. The Morgan fingerprint density at radius 3 is 2.89 bits per heavy atom. The van der Waals surface area contributed by atoms with Crippen LogP contribution in [0.15, 0.2) is 35.3 Å². The molecule has 2 N–H and O–H groups in total. The molecule has 0 spiro atoms. The van der Waals surface area contributed by atoms with E-state index in [4.69, 9.17) is 22.7 Å². The van der Waals surface area contributed by atoms with Gasteiger partial charge in [0.25, 0.3) is 5.56 Å². The monoisotopic (exact) mass is 276 g/mol. The molecule has 0 aliphatic heterocycles. The molecule has 1 aromatic heterocycles. The van der Waals surface area contributed by atoms with Crippen LogP contribution in [-0.2, 0) is 6.54 Å². The van der Waals surface area contributed by atoms with Gasteiger partial charge in [0, 0.05) is 24.5 Å². The average molecular weight is 276 g/mol. The van der Waals surface area contributed by atoms with Crippen LogP contribution >= 0.6 is 12.2 Å². The second kappa shape index (κ2) is 5.84. The summed E-state index contributed by atoms with van der Waals surface area (Å²) in [6, 6.07) is 7.38. The molecule has 0 aliphatic rings. The molecule has 4 nitrogen and oxygen atoms in total. The van der Waals surface area contributed by atoms with Crippen molar-refractivity contribution in [3.63, 3.8) is 0 Å². The highest BCUT2D eigenvalue weighted by Gasteiger charge is 2.04. The molecule has 0 saturated carbocycles. The molecule has 19 heavy (non-hydrogen) atoms. The summed E-state index contributed by atoms with van der Waals surface area (Å²) in [5.74, 6) is 0.773. The molecule has 2 rings (SSSR count). The lowest BCUT2D eigenvalue weighted by Crippen LogP contribution is -2.22. The Morgan fingerprint density at radius 2 is 2.21 bits per heavy atom. The highest BCUT2D eigenvalue weighted by molar-refractivity contribution is 7.80. The Balaban J connectivity index is 2.39. The lowest BCUT2D eigenvalue weighted by molar-refractivity contribution is 0.340. The number of hydrogen-bond donors (Lipinski definition) is 1. The zero-order chi connectivity index (χ0) is 13.8. The molecule has 0 bridgehead atoms. The van der Waals surface area contributed by atoms with Crippen molar-refractivity contribution in [1.82, 2.24) is 4.57 Å². The number of aryl methyl sites for hydroxylation is 1. The normalized spacial score (nSPS) is 10.6. The summed E-state index contributed by atoms with van der Waals surface area (Å²) in [4.78, 5) is 12.7. The molecular weight excluding hydrogens is 260 g/mol. The third-order valence-corrected chi connectivity index (χ3v) is 3.06. The number of rotatable bonds is 5. The van der Waals surface area contributed by atoms with E-state index in [0.29, 0.717) is 29.9 Å². The number of nitrogens with zero attached hydrogens (tertiary/aromatic N) is 1. The van der Waals surface area contributed by atoms with E-state index in [1.165, 1.54) is 0 Å². The van der Waals surface area contributed by atoms with E-state index in [9.17, 15) is 4.79 Å². The van der Waals surface area contributed by atoms with E-state index in [1.807, 2.05) is 25.1 Å². The predicted octanol–water partition coefficient (Wildman–Crippen LogP) is 2.08. The summed E-state index contributed by atoms with van der Waals surface area (Å²) in [5, 5.41) is 1.55. The summed E-state index contributed by atoms with van der Waals surface area (Å²) < 4.78 is 7.05. The minimum atomic E-state index is -0.0307. The maximum absolute atomic E-state index is 12.2. The number of thiocarbonyl (C=S) groups is 1. The fourth-order valence-corrected chi connectivity index (χ4v) is 2.02. The Bertz CT molecular complexity index is 664. The van der Waals surface area contributed by atoms with Crippen molar-refractivity contribution in [2.24, 2.45) is 5.73 Å². The molecule has 0 unspecified atom stereocenters.